The molecule has 11 heteroatoms. The maximum absolute atomic E-state index is 13.8. The lowest BCUT2D eigenvalue weighted by molar-refractivity contribution is -0.387. The summed E-state index contributed by atoms with van der Waals surface area (Å²) in [6.07, 6.45) is 1.24. The third-order valence-corrected chi connectivity index (χ3v) is 2.68. The number of rotatable bonds is 7. The second-order valence-electron chi connectivity index (χ2n) is 4.77. The van der Waals surface area contributed by atoms with E-state index in [0.717, 1.165) is 12.1 Å². The molecule has 25 heavy (non-hydrogen) atoms. The number of amidine groups is 1. The lowest BCUT2D eigenvalue weighted by Crippen LogP contribution is -2.22. The van der Waals surface area contributed by atoms with Gasteiger partial charge in [-0.15, -0.1) is 0 Å². The summed E-state index contributed by atoms with van der Waals surface area (Å²) in [5.74, 6) is -1.98. The summed E-state index contributed by atoms with van der Waals surface area (Å²) in [5.41, 5.74) is 6.51. The van der Waals surface area contributed by atoms with E-state index in [9.17, 15) is 19.3 Å². The summed E-state index contributed by atoms with van der Waals surface area (Å²) in [6.45, 7) is 2.85. The minimum atomic E-state index is -1.11. The Morgan fingerprint density at radius 1 is 1.48 bits per heavy atom. The normalized spacial score (nSPS) is 11.4. The topological polar surface area (TPSA) is 170 Å². The average molecular weight is 347 g/mol. The van der Waals surface area contributed by atoms with Crippen molar-refractivity contribution in [1.82, 2.24) is 0 Å². The molecule has 0 aliphatic carbocycles. The van der Waals surface area contributed by atoms with Crippen molar-refractivity contribution in [3.05, 3.63) is 39.8 Å². The Balaban J connectivity index is 3.37. The van der Waals surface area contributed by atoms with Crippen LogP contribution in [-0.4, -0.2) is 22.3 Å². The van der Waals surface area contributed by atoms with Gasteiger partial charge in [0, 0.05) is 17.8 Å². The first kappa shape index (κ1) is 19.2. The van der Waals surface area contributed by atoms with Gasteiger partial charge in [-0.25, -0.2) is 0 Å². The van der Waals surface area contributed by atoms with E-state index >= 15 is 0 Å². The quantitative estimate of drug-likeness (QED) is 0.192. The molecular formula is C14H14FN7O3. The highest BCUT2D eigenvalue weighted by Crippen LogP contribution is 2.31. The molecule has 5 N–H and O–H groups in total. The number of nitrogens with two attached hydrogens (primary N) is 1. The summed E-state index contributed by atoms with van der Waals surface area (Å²) in [4.78, 5) is 21.0. The highest BCUT2D eigenvalue weighted by atomic mass is 19.1. The van der Waals surface area contributed by atoms with Crippen molar-refractivity contribution in [3.63, 3.8) is 0 Å². The monoisotopic (exact) mass is 347 g/mol. The number of nitrogens with one attached hydrogen (secondary N) is 3. The van der Waals surface area contributed by atoms with Crippen molar-refractivity contribution in [2.75, 3.05) is 10.7 Å². The third kappa shape index (κ3) is 5.39. The molecule has 0 unspecified atom stereocenters. The second kappa shape index (κ2) is 8.16. The Labute approximate surface area is 141 Å². The molecule has 130 valence electrons. The Hall–Kier alpha value is -3.81. The van der Waals surface area contributed by atoms with Crippen molar-refractivity contribution in [3.8, 4) is 6.07 Å². The SMILES string of the molecule is CC(=O)C=C(C)Nc1cc(F)c([N+](=O)[O-])cc1N/N=C(\C#N)C(=N)N. The fraction of sp³-hybridized carbons (Fsp3) is 0.143. The van der Waals surface area contributed by atoms with E-state index in [1.807, 2.05) is 0 Å². The number of benzene rings is 1. The van der Waals surface area contributed by atoms with Gasteiger partial charge in [-0.3, -0.25) is 25.7 Å². The Bertz CT molecular complexity index is 840. The molecule has 0 saturated heterocycles. The number of nitro groups is 1. The first-order chi connectivity index (χ1) is 11.6. The van der Waals surface area contributed by atoms with E-state index in [2.05, 4.69) is 15.8 Å². The Morgan fingerprint density at radius 3 is 2.60 bits per heavy atom. The zero-order chi connectivity index (χ0) is 19.1. The number of nitro benzene ring substituents is 1. The maximum Gasteiger partial charge on any atom is 0.307 e. The van der Waals surface area contributed by atoms with Gasteiger partial charge in [-0.1, -0.05) is 0 Å². The Kier molecular flexibility index (Phi) is 6.28. The Morgan fingerprint density at radius 2 is 2.12 bits per heavy atom. The van der Waals surface area contributed by atoms with E-state index < -0.39 is 28.0 Å². The smallest absolute Gasteiger partial charge is 0.307 e. The first-order valence-corrected chi connectivity index (χ1v) is 6.67. The van der Waals surface area contributed by atoms with Gasteiger partial charge in [0.15, 0.2) is 11.6 Å². The fourth-order valence-electron chi connectivity index (χ4n) is 1.71. The summed E-state index contributed by atoms with van der Waals surface area (Å²) in [7, 11) is 0. The summed E-state index contributed by atoms with van der Waals surface area (Å²) >= 11 is 0. The van der Waals surface area contributed by atoms with Crippen LogP contribution >= 0.6 is 0 Å². The molecule has 0 amide bonds. The number of allylic oxidation sites excluding steroid dienone is 2. The van der Waals surface area contributed by atoms with Crippen LogP contribution in [0.15, 0.2) is 29.0 Å². The molecule has 1 aromatic carbocycles. The van der Waals surface area contributed by atoms with Gasteiger partial charge in [-0.2, -0.15) is 14.8 Å². The number of hydrazone groups is 1. The number of anilines is 2. The third-order valence-electron chi connectivity index (χ3n) is 2.68. The number of nitrogens with zero attached hydrogens (tertiary/aromatic N) is 3. The largest absolute Gasteiger partial charge is 0.382 e. The van der Waals surface area contributed by atoms with Gasteiger partial charge in [-0.05, 0) is 19.9 Å². The molecule has 0 aliphatic rings. The number of hydrogen-bond acceptors (Lipinski definition) is 8. The van der Waals surface area contributed by atoms with Gasteiger partial charge in [0.05, 0.1) is 16.3 Å². The van der Waals surface area contributed by atoms with Crippen LogP contribution in [0.3, 0.4) is 0 Å². The predicted molar refractivity (Wildman–Crippen MR) is 89.7 cm³/mol. The molecule has 0 radical (unpaired) electrons. The lowest BCUT2D eigenvalue weighted by atomic mass is 10.2. The highest BCUT2D eigenvalue weighted by molar-refractivity contribution is 6.45. The molecule has 0 aliphatic heterocycles. The number of carbonyl (C=O) groups excluding carboxylic acids is 1. The summed E-state index contributed by atoms with van der Waals surface area (Å²) in [6, 6.07) is 3.26. The predicted octanol–water partition coefficient (Wildman–Crippen LogP) is 1.87. The number of halogens is 1. The number of nitriles is 1. The second-order valence-corrected chi connectivity index (χ2v) is 4.77. The number of hydrogen-bond donors (Lipinski definition) is 4. The van der Waals surface area contributed by atoms with Gasteiger partial charge >= 0.3 is 5.69 Å². The van der Waals surface area contributed by atoms with E-state index in [0.29, 0.717) is 5.70 Å². The maximum atomic E-state index is 13.8. The zero-order valence-corrected chi connectivity index (χ0v) is 13.3. The molecule has 1 rings (SSSR count). The highest BCUT2D eigenvalue weighted by Gasteiger charge is 2.19. The van der Waals surface area contributed by atoms with Gasteiger partial charge in [0.2, 0.25) is 11.5 Å². The van der Waals surface area contributed by atoms with Gasteiger partial charge in [0.1, 0.15) is 6.07 Å². The van der Waals surface area contributed by atoms with Crippen LogP contribution in [0.5, 0.6) is 0 Å². The van der Waals surface area contributed by atoms with Crippen molar-refractivity contribution < 1.29 is 14.1 Å². The molecular weight excluding hydrogens is 333 g/mol. The fourth-order valence-corrected chi connectivity index (χ4v) is 1.71. The first-order valence-electron chi connectivity index (χ1n) is 6.67. The molecule has 0 spiro atoms. The number of carbonyl (C=O) groups is 1. The molecule has 0 atom stereocenters. The summed E-state index contributed by atoms with van der Waals surface area (Å²) < 4.78 is 13.8. The minimum Gasteiger partial charge on any atom is -0.382 e. The van der Waals surface area contributed by atoms with Crippen molar-refractivity contribution in [2.24, 2.45) is 10.8 Å². The van der Waals surface area contributed by atoms with Crippen LogP contribution < -0.4 is 16.5 Å². The minimum absolute atomic E-state index is 0.0303. The standard InChI is InChI=1S/C14H14FN7O3/c1-7(3-8(2)23)19-10-4-9(15)13(22(24)25)5-11(10)20-21-12(6-16)14(17)18/h3-5,19-20H,1-2H3,(H3,17,18)/b7-3?,21-12+. The lowest BCUT2D eigenvalue weighted by Gasteiger charge is -2.12. The van der Waals surface area contributed by atoms with Crippen molar-refractivity contribution >= 4 is 34.4 Å². The van der Waals surface area contributed by atoms with Crippen LogP contribution in [0.1, 0.15) is 13.8 Å². The van der Waals surface area contributed by atoms with Crippen LogP contribution in [0, 0.1) is 32.7 Å². The molecule has 10 nitrogen and oxygen atoms in total. The van der Waals surface area contributed by atoms with Gasteiger partial charge < -0.3 is 11.1 Å². The van der Waals surface area contributed by atoms with Crippen molar-refractivity contribution in [1.29, 1.82) is 10.7 Å². The molecule has 0 bridgehead atoms. The van der Waals surface area contributed by atoms with Crippen LogP contribution in [0.2, 0.25) is 0 Å². The molecule has 0 heterocycles. The van der Waals surface area contributed by atoms with Crippen LogP contribution in [-0.2, 0) is 4.79 Å². The molecule has 0 fully saturated rings. The van der Waals surface area contributed by atoms with E-state index in [4.69, 9.17) is 16.4 Å². The van der Waals surface area contributed by atoms with Crippen molar-refractivity contribution in [2.45, 2.75) is 13.8 Å². The van der Waals surface area contributed by atoms with Crippen LogP contribution in [0.25, 0.3) is 0 Å². The van der Waals surface area contributed by atoms with Crippen LogP contribution in [0.4, 0.5) is 21.5 Å². The molecule has 0 saturated carbocycles. The van der Waals surface area contributed by atoms with E-state index in [1.54, 1.807) is 6.07 Å². The van der Waals surface area contributed by atoms with Gasteiger partial charge in [0.25, 0.3) is 0 Å². The van der Waals surface area contributed by atoms with E-state index in [-0.39, 0.29) is 17.2 Å². The average Bonchev–Trinajstić information content (AvgIpc) is 2.47. The molecule has 0 aromatic heterocycles. The summed E-state index contributed by atoms with van der Waals surface area (Å²) in [5, 5.41) is 33.1. The van der Waals surface area contributed by atoms with E-state index in [1.165, 1.54) is 19.9 Å². The number of ketones is 1. The zero-order valence-electron chi connectivity index (χ0n) is 13.3. The molecule has 1 aromatic rings.